The van der Waals surface area contributed by atoms with E-state index >= 15 is 0 Å². The Kier molecular flexibility index (Phi) is 10.2. The number of aliphatic hydroxyl groups is 2. The van der Waals surface area contributed by atoms with Gasteiger partial charge >= 0.3 is 11.9 Å². The number of aliphatic carboxylic acids is 2. The van der Waals surface area contributed by atoms with Crippen LogP contribution in [0.1, 0.15) is 0 Å². The van der Waals surface area contributed by atoms with Crippen LogP contribution in [0.15, 0.2) is 0 Å². The summed E-state index contributed by atoms with van der Waals surface area (Å²) in [6, 6.07) is 0. The van der Waals surface area contributed by atoms with Crippen molar-refractivity contribution in [3.8, 4) is 0 Å². The molecule has 0 amide bonds. The summed E-state index contributed by atoms with van der Waals surface area (Å²) in [6.45, 7) is 0. The predicted octanol–water partition coefficient (Wildman–Crippen LogP) is -2.95. The quantitative estimate of drug-likeness (QED) is 0.382. The van der Waals surface area contributed by atoms with Gasteiger partial charge < -0.3 is 25.9 Å². The Hall–Kier alpha value is -0.661. The van der Waals surface area contributed by atoms with Crippen molar-refractivity contribution in [1.29, 1.82) is 0 Å². The van der Waals surface area contributed by atoms with Crippen LogP contribution in [0, 0.1) is 0 Å². The van der Waals surface area contributed by atoms with Crippen molar-refractivity contribution in [1.82, 2.24) is 0 Å². The van der Waals surface area contributed by atoms with Gasteiger partial charge in [-0.15, -0.1) is 0 Å². The van der Waals surface area contributed by atoms with Gasteiger partial charge in [-0.25, -0.2) is 9.59 Å². The minimum atomic E-state index is -2.27. The molecule has 1 radical (unpaired) electrons. The number of rotatable bonds is 3. The SMILES string of the molecule is O.O=C(O)[C@H](O)[C@@H](O)C(=O)O.[Cu]. The summed E-state index contributed by atoms with van der Waals surface area (Å²) < 4.78 is 0. The molecule has 8 heteroatoms. The Labute approximate surface area is 77.4 Å². The fourth-order valence-corrected chi connectivity index (χ4v) is 0.270. The van der Waals surface area contributed by atoms with Crippen LogP contribution < -0.4 is 0 Å². The molecular formula is C4H8CuO7. The first-order chi connectivity index (χ1) is 4.46. The first kappa shape index (κ1) is 17.4. The normalized spacial score (nSPS) is 13.2. The molecule has 0 aromatic heterocycles. The van der Waals surface area contributed by atoms with Gasteiger partial charge in [0, 0.05) is 17.1 Å². The van der Waals surface area contributed by atoms with Crippen LogP contribution in [-0.4, -0.2) is 50.0 Å². The summed E-state index contributed by atoms with van der Waals surface area (Å²) in [4.78, 5) is 19.5. The fraction of sp³-hybridized carbons (Fsp3) is 0.500. The molecule has 0 rings (SSSR count). The topological polar surface area (TPSA) is 147 Å². The van der Waals surface area contributed by atoms with E-state index in [9.17, 15) is 9.59 Å². The van der Waals surface area contributed by atoms with Crippen molar-refractivity contribution < 1.29 is 52.6 Å². The number of carboxylic acids is 2. The molecule has 0 aromatic carbocycles. The molecule has 6 N–H and O–H groups in total. The zero-order valence-corrected chi connectivity index (χ0v) is 6.50. The third kappa shape index (κ3) is 5.05. The molecule has 0 aromatic rings. The van der Waals surface area contributed by atoms with Crippen LogP contribution in [0.2, 0.25) is 0 Å². The van der Waals surface area contributed by atoms with E-state index in [-0.39, 0.29) is 22.5 Å². The summed E-state index contributed by atoms with van der Waals surface area (Å²) in [6.07, 6.45) is -4.53. The van der Waals surface area contributed by atoms with Crippen molar-refractivity contribution in [2.24, 2.45) is 0 Å². The van der Waals surface area contributed by atoms with Gasteiger partial charge in [-0.2, -0.15) is 0 Å². The summed E-state index contributed by atoms with van der Waals surface area (Å²) in [5.74, 6) is -3.54. The molecule has 0 aliphatic heterocycles. The van der Waals surface area contributed by atoms with Crippen LogP contribution in [0.5, 0.6) is 0 Å². The van der Waals surface area contributed by atoms with Crippen LogP contribution in [0.4, 0.5) is 0 Å². The summed E-state index contributed by atoms with van der Waals surface area (Å²) in [5.41, 5.74) is 0. The van der Waals surface area contributed by atoms with Crippen LogP contribution in [0.25, 0.3) is 0 Å². The van der Waals surface area contributed by atoms with Gasteiger partial charge in [0.2, 0.25) is 0 Å². The maximum Gasteiger partial charge on any atom is 0.335 e. The van der Waals surface area contributed by atoms with Gasteiger partial charge in [0.1, 0.15) is 0 Å². The Balaban J connectivity index is -0.000000405. The Morgan fingerprint density at radius 1 is 0.917 bits per heavy atom. The van der Waals surface area contributed by atoms with Crippen molar-refractivity contribution >= 4 is 11.9 Å². The molecule has 0 fully saturated rings. The smallest absolute Gasteiger partial charge is 0.335 e. The van der Waals surface area contributed by atoms with Gasteiger partial charge in [-0.05, 0) is 0 Å². The van der Waals surface area contributed by atoms with Gasteiger partial charge in [0.15, 0.2) is 12.2 Å². The third-order valence-electron chi connectivity index (χ3n) is 0.805. The van der Waals surface area contributed by atoms with E-state index in [0.717, 1.165) is 0 Å². The first-order valence-electron chi connectivity index (χ1n) is 2.28. The van der Waals surface area contributed by atoms with E-state index in [1.54, 1.807) is 0 Å². The standard InChI is InChI=1S/C4H6O6.Cu.H2O/c5-1(3(7)8)2(6)4(9)10;;/h1-2,5-6H,(H,7,8)(H,9,10);;1H2/t1-,2-;;/m1../s1. The van der Waals surface area contributed by atoms with Gasteiger partial charge in [0.05, 0.1) is 0 Å². The van der Waals surface area contributed by atoms with Crippen LogP contribution in [-0.2, 0) is 26.7 Å². The Morgan fingerprint density at radius 3 is 1.17 bits per heavy atom. The Bertz CT molecular complexity index is 139. The molecule has 0 spiro atoms. The van der Waals surface area contributed by atoms with Crippen molar-refractivity contribution in [3.63, 3.8) is 0 Å². The van der Waals surface area contributed by atoms with Crippen molar-refractivity contribution in [3.05, 3.63) is 0 Å². The van der Waals surface area contributed by atoms with E-state index in [2.05, 4.69) is 0 Å². The third-order valence-corrected chi connectivity index (χ3v) is 0.805. The number of aliphatic hydroxyl groups excluding tert-OH is 2. The van der Waals surface area contributed by atoms with E-state index in [0.29, 0.717) is 0 Å². The summed E-state index contributed by atoms with van der Waals surface area (Å²) in [7, 11) is 0. The minimum absolute atomic E-state index is 0. The zero-order chi connectivity index (χ0) is 8.31. The van der Waals surface area contributed by atoms with Gasteiger partial charge in [-0.1, -0.05) is 0 Å². The second-order valence-corrected chi connectivity index (χ2v) is 1.57. The largest absolute Gasteiger partial charge is 0.479 e. The molecule has 0 saturated heterocycles. The molecule has 0 heterocycles. The molecule has 0 unspecified atom stereocenters. The summed E-state index contributed by atoms with van der Waals surface area (Å²) >= 11 is 0. The first-order valence-corrected chi connectivity index (χ1v) is 2.28. The molecule has 0 aliphatic carbocycles. The number of carboxylic acid groups (broad SMARTS) is 2. The zero-order valence-electron chi connectivity index (χ0n) is 5.56. The van der Waals surface area contributed by atoms with E-state index in [1.807, 2.05) is 0 Å². The van der Waals surface area contributed by atoms with Crippen LogP contribution in [0.3, 0.4) is 0 Å². The van der Waals surface area contributed by atoms with E-state index in [4.69, 9.17) is 20.4 Å². The minimum Gasteiger partial charge on any atom is -0.479 e. The molecule has 12 heavy (non-hydrogen) atoms. The maximum atomic E-state index is 9.77. The fourth-order valence-electron chi connectivity index (χ4n) is 0.270. The number of hydrogen-bond acceptors (Lipinski definition) is 4. The molecule has 77 valence electrons. The molecule has 0 bridgehead atoms. The second kappa shape index (κ2) is 7.01. The monoisotopic (exact) mass is 231 g/mol. The molecular weight excluding hydrogens is 224 g/mol. The molecule has 0 saturated carbocycles. The van der Waals surface area contributed by atoms with Gasteiger partial charge in [0.25, 0.3) is 0 Å². The molecule has 0 aliphatic rings. The van der Waals surface area contributed by atoms with Crippen molar-refractivity contribution in [2.75, 3.05) is 0 Å². The Morgan fingerprint density at radius 2 is 1.08 bits per heavy atom. The average molecular weight is 232 g/mol. The van der Waals surface area contributed by atoms with Crippen LogP contribution >= 0.6 is 0 Å². The maximum absolute atomic E-state index is 9.77. The predicted molar refractivity (Wildman–Crippen MR) is 30.9 cm³/mol. The van der Waals surface area contributed by atoms with Gasteiger partial charge in [-0.3, -0.25) is 0 Å². The average Bonchev–Trinajstić information content (AvgIpc) is 1.84. The van der Waals surface area contributed by atoms with E-state index < -0.39 is 24.1 Å². The second-order valence-electron chi connectivity index (χ2n) is 1.57. The summed E-state index contributed by atoms with van der Waals surface area (Å²) in [5, 5.41) is 32.5. The van der Waals surface area contributed by atoms with Crippen molar-refractivity contribution in [2.45, 2.75) is 12.2 Å². The molecule has 7 nitrogen and oxygen atoms in total. The van der Waals surface area contributed by atoms with E-state index in [1.165, 1.54) is 0 Å². The number of hydrogen-bond donors (Lipinski definition) is 4. The molecule has 2 atom stereocenters. The number of carbonyl (C=O) groups is 2.